The Balaban J connectivity index is 2.00. The molecule has 1 aromatic carbocycles. The lowest BCUT2D eigenvalue weighted by molar-refractivity contribution is 0.0966. The van der Waals surface area contributed by atoms with Gasteiger partial charge in [-0.2, -0.15) is 0 Å². The van der Waals surface area contributed by atoms with Gasteiger partial charge in [0.05, 0.1) is 11.6 Å². The zero-order valence-corrected chi connectivity index (χ0v) is 11.4. The van der Waals surface area contributed by atoms with E-state index in [0.29, 0.717) is 0 Å². The zero-order chi connectivity index (χ0) is 13.2. The molecule has 0 bridgehead atoms. The highest BCUT2D eigenvalue weighted by molar-refractivity contribution is 7.17. The van der Waals surface area contributed by atoms with Crippen LogP contribution in [0.3, 0.4) is 0 Å². The van der Waals surface area contributed by atoms with E-state index in [0.717, 1.165) is 21.3 Å². The molecular formula is C16H13NOS. The lowest BCUT2D eigenvalue weighted by Crippen LogP contribution is -2.10. The first-order chi connectivity index (χ1) is 9.27. The van der Waals surface area contributed by atoms with Gasteiger partial charge in [0.25, 0.3) is 0 Å². The number of carbonyl (C=O) groups excluding carboxylic acids is 1. The minimum Gasteiger partial charge on any atom is -0.293 e. The first-order valence-electron chi connectivity index (χ1n) is 6.19. The van der Waals surface area contributed by atoms with Gasteiger partial charge in [0.2, 0.25) is 0 Å². The minimum atomic E-state index is -0.209. The number of rotatable bonds is 3. The number of benzene rings is 1. The van der Waals surface area contributed by atoms with Crippen LogP contribution < -0.4 is 0 Å². The van der Waals surface area contributed by atoms with Crippen LogP contribution in [0.25, 0.3) is 10.1 Å². The SMILES string of the molecule is CC(C(=O)c1csc2ccccc12)c1ccccn1. The summed E-state index contributed by atoms with van der Waals surface area (Å²) in [6.45, 7) is 1.91. The van der Waals surface area contributed by atoms with Crippen molar-refractivity contribution in [3.63, 3.8) is 0 Å². The molecule has 2 heterocycles. The summed E-state index contributed by atoms with van der Waals surface area (Å²) in [4.78, 5) is 16.9. The van der Waals surface area contributed by atoms with Gasteiger partial charge in [0.1, 0.15) is 0 Å². The van der Waals surface area contributed by atoms with Crippen molar-refractivity contribution in [2.45, 2.75) is 12.8 Å². The van der Waals surface area contributed by atoms with E-state index in [1.807, 2.05) is 54.8 Å². The molecule has 3 rings (SSSR count). The van der Waals surface area contributed by atoms with Crippen molar-refractivity contribution in [1.29, 1.82) is 0 Å². The van der Waals surface area contributed by atoms with E-state index >= 15 is 0 Å². The van der Waals surface area contributed by atoms with Crippen molar-refractivity contribution in [1.82, 2.24) is 4.98 Å². The number of carbonyl (C=O) groups is 1. The normalized spacial score (nSPS) is 12.5. The second-order valence-electron chi connectivity index (χ2n) is 4.49. The molecule has 3 aromatic rings. The predicted octanol–water partition coefficient (Wildman–Crippen LogP) is 4.28. The number of thiophene rings is 1. The molecule has 0 aliphatic carbocycles. The quantitative estimate of drug-likeness (QED) is 0.663. The maximum Gasteiger partial charge on any atom is 0.173 e. The topological polar surface area (TPSA) is 30.0 Å². The van der Waals surface area contributed by atoms with Crippen LogP contribution >= 0.6 is 11.3 Å². The van der Waals surface area contributed by atoms with Gasteiger partial charge in [-0.3, -0.25) is 9.78 Å². The van der Waals surface area contributed by atoms with Crippen molar-refractivity contribution in [2.24, 2.45) is 0 Å². The Morgan fingerprint density at radius 3 is 2.74 bits per heavy atom. The molecule has 19 heavy (non-hydrogen) atoms. The van der Waals surface area contributed by atoms with Crippen molar-refractivity contribution < 1.29 is 4.79 Å². The van der Waals surface area contributed by atoms with E-state index < -0.39 is 0 Å². The number of nitrogens with zero attached hydrogens (tertiary/aromatic N) is 1. The van der Waals surface area contributed by atoms with Crippen LogP contribution in [-0.4, -0.2) is 10.8 Å². The van der Waals surface area contributed by atoms with Crippen molar-refractivity contribution in [3.05, 3.63) is 65.3 Å². The summed E-state index contributed by atoms with van der Waals surface area (Å²) < 4.78 is 1.15. The van der Waals surface area contributed by atoms with Crippen molar-refractivity contribution >= 4 is 27.2 Å². The van der Waals surface area contributed by atoms with Crippen LogP contribution in [0.5, 0.6) is 0 Å². The molecule has 0 spiro atoms. The monoisotopic (exact) mass is 267 g/mol. The summed E-state index contributed by atoms with van der Waals surface area (Å²) in [7, 11) is 0. The highest BCUT2D eigenvalue weighted by Crippen LogP contribution is 2.29. The first-order valence-corrected chi connectivity index (χ1v) is 7.06. The van der Waals surface area contributed by atoms with Crippen LogP contribution in [0.2, 0.25) is 0 Å². The fourth-order valence-corrected chi connectivity index (χ4v) is 3.12. The smallest absolute Gasteiger partial charge is 0.173 e. The van der Waals surface area contributed by atoms with Crippen molar-refractivity contribution in [3.8, 4) is 0 Å². The summed E-state index contributed by atoms with van der Waals surface area (Å²) in [5.41, 5.74) is 1.63. The number of aromatic nitrogens is 1. The predicted molar refractivity (Wildman–Crippen MR) is 78.8 cm³/mol. The molecule has 0 aliphatic rings. The minimum absolute atomic E-state index is 0.135. The Morgan fingerprint density at radius 2 is 1.95 bits per heavy atom. The van der Waals surface area contributed by atoms with Crippen LogP contribution in [-0.2, 0) is 0 Å². The Kier molecular flexibility index (Phi) is 3.13. The molecule has 2 nitrogen and oxygen atoms in total. The van der Waals surface area contributed by atoms with E-state index in [1.165, 1.54) is 0 Å². The highest BCUT2D eigenvalue weighted by Gasteiger charge is 2.20. The summed E-state index contributed by atoms with van der Waals surface area (Å²) in [5.74, 6) is -0.0737. The third-order valence-corrected chi connectivity index (χ3v) is 4.23. The molecule has 1 unspecified atom stereocenters. The molecule has 94 valence electrons. The van der Waals surface area contributed by atoms with Crippen molar-refractivity contribution in [2.75, 3.05) is 0 Å². The summed E-state index contributed by atoms with van der Waals surface area (Å²) in [6, 6.07) is 13.7. The number of fused-ring (bicyclic) bond motifs is 1. The third-order valence-electron chi connectivity index (χ3n) is 3.27. The molecule has 0 aliphatic heterocycles. The molecule has 2 aromatic heterocycles. The van der Waals surface area contributed by atoms with Gasteiger partial charge >= 0.3 is 0 Å². The van der Waals surface area contributed by atoms with Gasteiger partial charge in [-0.15, -0.1) is 11.3 Å². The van der Waals surface area contributed by atoms with Crippen LogP contribution in [0.15, 0.2) is 54.0 Å². The highest BCUT2D eigenvalue weighted by atomic mass is 32.1. The summed E-state index contributed by atoms with van der Waals surface area (Å²) in [6.07, 6.45) is 1.73. The Labute approximate surface area is 115 Å². The molecule has 0 fully saturated rings. The maximum atomic E-state index is 12.6. The molecule has 0 saturated carbocycles. The largest absolute Gasteiger partial charge is 0.293 e. The molecule has 0 N–H and O–H groups in total. The fourth-order valence-electron chi connectivity index (χ4n) is 2.17. The fraction of sp³-hybridized carbons (Fsp3) is 0.125. The van der Waals surface area contributed by atoms with Gasteiger partial charge in [0.15, 0.2) is 5.78 Å². The van der Waals surface area contributed by atoms with Gasteiger partial charge in [-0.25, -0.2) is 0 Å². The molecule has 0 radical (unpaired) electrons. The Hall–Kier alpha value is -2.00. The van der Waals surface area contributed by atoms with Gasteiger partial charge < -0.3 is 0 Å². The second-order valence-corrected chi connectivity index (χ2v) is 5.40. The van der Waals surface area contributed by atoms with E-state index in [-0.39, 0.29) is 11.7 Å². The van der Waals surface area contributed by atoms with E-state index in [1.54, 1.807) is 17.5 Å². The van der Waals surface area contributed by atoms with Crippen LogP contribution in [0.1, 0.15) is 28.9 Å². The second kappa shape index (κ2) is 4.94. The number of pyridine rings is 1. The molecule has 1 atom stereocenters. The van der Waals surface area contributed by atoms with E-state index in [2.05, 4.69) is 4.98 Å². The Bertz CT molecular complexity index is 718. The molecule has 0 amide bonds. The summed E-state index contributed by atoms with van der Waals surface area (Å²) >= 11 is 1.61. The number of Topliss-reactive ketones (excluding diaryl/α,β-unsaturated/α-hetero) is 1. The zero-order valence-electron chi connectivity index (χ0n) is 10.5. The average Bonchev–Trinajstić information content (AvgIpc) is 2.90. The first kappa shape index (κ1) is 12.1. The standard InChI is InChI=1S/C16H13NOS/c1-11(14-7-4-5-9-17-14)16(18)13-10-19-15-8-3-2-6-12(13)15/h2-11H,1H3. The Morgan fingerprint density at radius 1 is 1.16 bits per heavy atom. The molecule has 3 heteroatoms. The van der Waals surface area contributed by atoms with Crippen LogP contribution in [0.4, 0.5) is 0 Å². The van der Waals surface area contributed by atoms with Crippen LogP contribution in [0, 0.1) is 0 Å². The molecular weight excluding hydrogens is 254 g/mol. The van der Waals surface area contributed by atoms with Gasteiger partial charge in [-0.1, -0.05) is 24.3 Å². The molecule has 0 saturated heterocycles. The van der Waals surface area contributed by atoms with Gasteiger partial charge in [0, 0.05) is 27.2 Å². The number of ketones is 1. The van der Waals surface area contributed by atoms with E-state index in [4.69, 9.17) is 0 Å². The number of hydrogen-bond donors (Lipinski definition) is 0. The third kappa shape index (κ3) is 2.17. The number of hydrogen-bond acceptors (Lipinski definition) is 3. The lowest BCUT2D eigenvalue weighted by Gasteiger charge is -2.08. The lowest BCUT2D eigenvalue weighted by atomic mass is 9.95. The summed E-state index contributed by atoms with van der Waals surface area (Å²) in [5, 5.41) is 2.99. The average molecular weight is 267 g/mol. The van der Waals surface area contributed by atoms with E-state index in [9.17, 15) is 4.79 Å². The maximum absolute atomic E-state index is 12.6. The van der Waals surface area contributed by atoms with Gasteiger partial charge in [-0.05, 0) is 25.1 Å².